The third kappa shape index (κ3) is 4.72. The molecule has 2 aromatic rings. The van der Waals surface area contributed by atoms with Gasteiger partial charge in [0.25, 0.3) is 0 Å². The summed E-state index contributed by atoms with van der Waals surface area (Å²) in [5.74, 6) is -0.922. The van der Waals surface area contributed by atoms with E-state index in [9.17, 15) is 9.59 Å². The number of rotatable bonds is 5. The van der Waals surface area contributed by atoms with Crippen LogP contribution >= 0.6 is 0 Å². The molecule has 0 aliphatic carbocycles. The normalized spacial score (nSPS) is 24.8. The van der Waals surface area contributed by atoms with E-state index in [0.717, 1.165) is 0 Å². The summed E-state index contributed by atoms with van der Waals surface area (Å²) in [7, 11) is 1.48. The summed E-state index contributed by atoms with van der Waals surface area (Å²) in [6.45, 7) is 1.80. The van der Waals surface area contributed by atoms with E-state index >= 15 is 0 Å². The van der Waals surface area contributed by atoms with Crippen LogP contribution in [0.1, 0.15) is 34.1 Å². The standard InChI is InChI=1S/C21H22O6/c1-14-17(26-19(22)15-9-5-3-6-10-15)13-18(21(24-2)25-14)27-20(23)16-11-7-4-8-12-16/h3-12,14,17-18,21H,13H2,1-2H3/t14?,17-,18+,21-/m1/s1. The van der Waals surface area contributed by atoms with Gasteiger partial charge in [-0.05, 0) is 31.2 Å². The van der Waals surface area contributed by atoms with E-state index in [1.165, 1.54) is 7.11 Å². The molecule has 1 heterocycles. The average molecular weight is 370 g/mol. The number of benzene rings is 2. The van der Waals surface area contributed by atoms with Crippen molar-refractivity contribution in [1.82, 2.24) is 0 Å². The minimum atomic E-state index is -0.723. The third-order valence-electron chi connectivity index (χ3n) is 4.41. The first kappa shape index (κ1) is 19.1. The minimum Gasteiger partial charge on any atom is -0.456 e. The van der Waals surface area contributed by atoms with Crippen molar-refractivity contribution < 1.29 is 28.5 Å². The molecule has 1 aliphatic rings. The monoisotopic (exact) mass is 370 g/mol. The van der Waals surface area contributed by atoms with Crippen molar-refractivity contribution in [2.24, 2.45) is 0 Å². The first-order chi connectivity index (χ1) is 13.1. The highest BCUT2D eigenvalue weighted by molar-refractivity contribution is 5.90. The fraction of sp³-hybridized carbons (Fsp3) is 0.333. The van der Waals surface area contributed by atoms with Gasteiger partial charge in [0.1, 0.15) is 6.10 Å². The van der Waals surface area contributed by atoms with Crippen molar-refractivity contribution >= 4 is 11.9 Å². The first-order valence-corrected chi connectivity index (χ1v) is 8.79. The number of hydrogen-bond acceptors (Lipinski definition) is 6. The highest BCUT2D eigenvalue weighted by Crippen LogP contribution is 2.27. The predicted octanol–water partition coefficient (Wildman–Crippen LogP) is 3.22. The largest absolute Gasteiger partial charge is 0.456 e. The summed E-state index contributed by atoms with van der Waals surface area (Å²) in [6, 6.07) is 17.4. The zero-order valence-electron chi connectivity index (χ0n) is 15.2. The van der Waals surface area contributed by atoms with Gasteiger partial charge in [0.2, 0.25) is 0 Å². The van der Waals surface area contributed by atoms with Crippen LogP contribution in [-0.2, 0) is 18.9 Å². The second-order valence-electron chi connectivity index (χ2n) is 6.30. The Kier molecular flexibility index (Phi) is 6.21. The van der Waals surface area contributed by atoms with Crippen molar-refractivity contribution in [2.45, 2.75) is 37.9 Å². The van der Waals surface area contributed by atoms with Crippen LogP contribution in [0.15, 0.2) is 60.7 Å². The first-order valence-electron chi connectivity index (χ1n) is 8.79. The van der Waals surface area contributed by atoms with E-state index < -0.39 is 36.5 Å². The Balaban J connectivity index is 1.68. The van der Waals surface area contributed by atoms with Gasteiger partial charge in [0.05, 0.1) is 17.2 Å². The molecule has 1 unspecified atom stereocenters. The van der Waals surface area contributed by atoms with E-state index in [0.29, 0.717) is 11.1 Å². The molecule has 0 N–H and O–H groups in total. The van der Waals surface area contributed by atoms with E-state index in [1.807, 2.05) is 12.1 Å². The number of carbonyl (C=O) groups is 2. The molecule has 0 amide bonds. The molecule has 3 rings (SSSR count). The van der Waals surface area contributed by atoms with Crippen molar-refractivity contribution in [3.63, 3.8) is 0 Å². The lowest BCUT2D eigenvalue weighted by molar-refractivity contribution is -0.250. The average Bonchev–Trinajstić information content (AvgIpc) is 2.71. The predicted molar refractivity (Wildman–Crippen MR) is 97.3 cm³/mol. The SMILES string of the molecule is CO[C@@H]1OC(C)[C@H](OC(=O)c2ccccc2)C[C@@H]1OC(=O)c1ccccc1. The number of esters is 2. The van der Waals surface area contributed by atoms with Crippen LogP contribution in [0, 0.1) is 0 Å². The van der Waals surface area contributed by atoms with Crippen LogP contribution in [-0.4, -0.2) is 43.7 Å². The summed E-state index contributed by atoms with van der Waals surface area (Å²) in [4.78, 5) is 24.7. The Morgan fingerprint density at radius 1 is 0.852 bits per heavy atom. The van der Waals surface area contributed by atoms with Crippen LogP contribution in [0.2, 0.25) is 0 Å². The maximum atomic E-state index is 12.4. The lowest BCUT2D eigenvalue weighted by Crippen LogP contribution is -2.50. The summed E-state index contributed by atoms with van der Waals surface area (Å²) in [5.41, 5.74) is 0.889. The molecule has 6 nitrogen and oxygen atoms in total. The number of carbonyl (C=O) groups excluding carboxylic acids is 2. The van der Waals surface area contributed by atoms with E-state index in [2.05, 4.69) is 0 Å². The Morgan fingerprint density at radius 3 is 1.81 bits per heavy atom. The zero-order chi connectivity index (χ0) is 19.2. The second-order valence-corrected chi connectivity index (χ2v) is 6.30. The smallest absolute Gasteiger partial charge is 0.338 e. The van der Waals surface area contributed by atoms with Gasteiger partial charge >= 0.3 is 11.9 Å². The van der Waals surface area contributed by atoms with Crippen molar-refractivity contribution in [3.8, 4) is 0 Å². The number of hydrogen-bond donors (Lipinski definition) is 0. The molecule has 0 aromatic heterocycles. The summed E-state index contributed by atoms with van der Waals surface area (Å²) in [6.07, 6.45) is -2.07. The fourth-order valence-electron chi connectivity index (χ4n) is 2.93. The van der Waals surface area contributed by atoms with Gasteiger partial charge in [0.15, 0.2) is 12.4 Å². The van der Waals surface area contributed by atoms with Crippen molar-refractivity contribution in [2.75, 3.05) is 7.11 Å². The van der Waals surface area contributed by atoms with E-state index in [-0.39, 0.29) is 6.42 Å². The fourth-order valence-corrected chi connectivity index (χ4v) is 2.93. The maximum absolute atomic E-state index is 12.4. The minimum absolute atomic E-state index is 0.289. The van der Waals surface area contributed by atoms with Crippen LogP contribution in [0.4, 0.5) is 0 Å². The van der Waals surface area contributed by atoms with Crippen molar-refractivity contribution in [3.05, 3.63) is 71.8 Å². The van der Waals surface area contributed by atoms with Crippen LogP contribution < -0.4 is 0 Å². The van der Waals surface area contributed by atoms with Crippen molar-refractivity contribution in [1.29, 1.82) is 0 Å². The third-order valence-corrected chi connectivity index (χ3v) is 4.41. The lowest BCUT2D eigenvalue weighted by Gasteiger charge is -2.38. The summed E-state index contributed by atoms with van der Waals surface area (Å²) < 4.78 is 22.2. The number of methoxy groups -OCH3 is 1. The van der Waals surface area contributed by atoms with Gasteiger partial charge in [-0.25, -0.2) is 9.59 Å². The maximum Gasteiger partial charge on any atom is 0.338 e. The summed E-state index contributed by atoms with van der Waals surface area (Å²) >= 11 is 0. The molecule has 27 heavy (non-hydrogen) atoms. The molecule has 1 fully saturated rings. The van der Waals surface area contributed by atoms with Gasteiger partial charge in [-0.15, -0.1) is 0 Å². The van der Waals surface area contributed by atoms with E-state index in [4.69, 9.17) is 18.9 Å². The van der Waals surface area contributed by atoms with Gasteiger partial charge in [-0.2, -0.15) is 0 Å². The summed E-state index contributed by atoms with van der Waals surface area (Å²) in [5, 5.41) is 0. The Hall–Kier alpha value is -2.70. The Labute approximate surface area is 158 Å². The highest BCUT2D eigenvalue weighted by atomic mass is 16.7. The number of ether oxygens (including phenoxy) is 4. The van der Waals surface area contributed by atoms with Gasteiger partial charge in [-0.3, -0.25) is 0 Å². The molecule has 0 radical (unpaired) electrons. The zero-order valence-corrected chi connectivity index (χ0v) is 15.2. The van der Waals surface area contributed by atoms with Gasteiger partial charge < -0.3 is 18.9 Å². The highest BCUT2D eigenvalue weighted by Gasteiger charge is 2.40. The molecule has 142 valence electrons. The van der Waals surface area contributed by atoms with Gasteiger partial charge in [-0.1, -0.05) is 36.4 Å². The molecule has 0 bridgehead atoms. The quantitative estimate of drug-likeness (QED) is 0.753. The lowest BCUT2D eigenvalue weighted by atomic mass is 10.0. The van der Waals surface area contributed by atoms with E-state index in [1.54, 1.807) is 55.5 Å². The molecule has 0 saturated carbocycles. The molecule has 1 saturated heterocycles. The van der Waals surface area contributed by atoms with Crippen LogP contribution in [0.5, 0.6) is 0 Å². The van der Waals surface area contributed by atoms with Gasteiger partial charge in [0, 0.05) is 13.5 Å². The molecule has 0 spiro atoms. The molecule has 4 atom stereocenters. The topological polar surface area (TPSA) is 71.1 Å². The molecule has 1 aliphatic heterocycles. The van der Waals surface area contributed by atoms with Crippen LogP contribution in [0.25, 0.3) is 0 Å². The second kappa shape index (κ2) is 8.79. The molecule has 2 aromatic carbocycles. The molecule has 6 heteroatoms. The molecular weight excluding hydrogens is 348 g/mol. The molecular formula is C21H22O6. The Bertz CT molecular complexity index is 761. The Morgan fingerprint density at radius 2 is 1.33 bits per heavy atom. The van der Waals surface area contributed by atoms with Crippen LogP contribution in [0.3, 0.4) is 0 Å².